The number of aromatic hydroxyl groups is 1. The maximum absolute atomic E-state index is 13.0. The van der Waals surface area contributed by atoms with Gasteiger partial charge in [0.1, 0.15) is 11.6 Å². The summed E-state index contributed by atoms with van der Waals surface area (Å²) in [5.74, 6) is -0.940. The van der Waals surface area contributed by atoms with Crippen LogP contribution in [0.4, 0.5) is 9.18 Å². The van der Waals surface area contributed by atoms with Gasteiger partial charge in [0, 0.05) is 10.6 Å². The summed E-state index contributed by atoms with van der Waals surface area (Å²) < 4.78 is 13.3. The summed E-state index contributed by atoms with van der Waals surface area (Å²) in [4.78, 5) is 25.9. The first-order valence-electron chi connectivity index (χ1n) is 7.03. The third kappa shape index (κ3) is 3.89. The zero-order chi connectivity index (χ0) is 18.1. The van der Waals surface area contributed by atoms with Crippen molar-refractivity contribution in [2.45, 2.75) is 6.54 Å². The van der Waals surface area contributed by atoms with Crippen molar-refractivity contribution in [3.8, 4) is 5.75 Å². The standard InChI is InChI=1S/C17H10BrClFNO3S/c18-13-7-11(19)5-10(15(13)22)6-14-16(23)21(17(24)25-14)8-9-1-3-12(20)4-2-9/h1-7,22H,8H2/b14-6-. The van der Waals surface area contributed by atoms with Crippen LogP contribution in [0.25, 0.3) is 6.08 Å². The number of imide groups is 1. The summed E-state index contributed by atoms with van der Waals surface area (Å²) in [7, 11) is 0. The summed E-state index contributed by atoms with van der Waals surface area (Å²) in [6.45, 7) is 0.0491. The molecular weight excluding hydrogens is 433 g/mol. The minimum Gasteiger partial charge on any atom is -0.506 e. The molecular formula is C17H10BrClFNO3S. The highest BCUT2D eigenvalue weighted by molar-refractivity contribution is 9.10. The number of carbonyl (C=O) groups is 2. The molecule has 2 aromatic rings. The number of phenols is 1. The van der Waals surface area contributed by atoms with Crippen molar-refractivity contribution in [2.75, 3.05) is 0 Å². The zero-order valence-electron chi connectivity index (χ0n) is 12.5. The minimum absolute atomic E-state index is 0.0491. The summed E-state index contributed by atoms with van der Waals surface area (Å²) in [6, 6.07) is 8.59. The Morgan fingerprint density at radius 2 is 1.92 bits per heavy atom. The molecule has 2 amide bonds. The normalized spacial score (nSPS) is 16.1. The fraction of sp³-hybridized carbons (Fsp3) is 0.0588. The molecule has 2 aromatic carbocycles. The number of carbonyl (C=O) groups excluding carboxylic acids is 2. The second kappa shape index (κ2) is 7.19. The molecule has 0 atom stereocenters. The van der Waals surface area contributed by atoms with Gasteiger partial charge in [-0.2, -0.15) is 0 Å². The van der Waals surface area contributed by atoms with Crippen LogP contribution in [-0.4, -0.2) is 21.2 Å². The topological polar surface area (TPSA) is 57.6 Å². The molecule has 0 aliphatic carbocycles. The van der Waals surface area contributed by atoms with E-state index in [0.717, 1.165) is 16.7 Å². The molecule has 128 valence electrons. The molecule has 3 rings (SSSR count). The van der Waals surface area contributed by atoms with Crippen LogP contribution >= 0.6 is 39.3 Å². The summed E-state index contributed by atoms with van der Waals surface area (Å²) in [5.41, 5.74) is 0.963. The fourth-order valence-corrected chi connectivity index (χ4v) is 3.91. The van der Waals surface area contributed by atoms with Crippen molar-refractivity contribution in [2.24, 2.45) is 0 Å². The van der Waals surface area contributed by atoms with E-state index in [1.54, 1.807) is 0 Å². The monoisotopic (exact) mass is 441 g/mol. The lowest BCUT2D eigenvalue weighted by atomic mass is 10.1. The molecule has 4 nitrogen and oxygen atoms in total. The van der Waals surface area contributed by atoms with Gasteiger partial charge in [-0.3, -0.25) is 14.5 Å². The number of halogens is 3. The number of hydrogen-bond donors (Lipinski definition) is 1. The first-order valence-corrected chi connectivity index (χ1v) is 9.01. The Morgan fingerprint density at radius 3 is 2.60 bits per heavy atom. The van der Waals surface area contributed by atoms with E-state index < -0.39 is 11.1 Å². The van der Waals surface area contributed by atoms with Gasteiger partial charge in [-0.05, 0) is 63.6 Å². The van der Waals surface area contributed by atoms with Crippen molar-refractivity contribution in [3.05, 3.63) is 67.7 Å². The van der Waals surface area contributed by atoms with Crippen molar-refractivity contribution in [3.63, 3.8) is 0 Å². The minimum atomic E-state index is -0.477. The van der Waals surface area contributed by atoms with Gasteiger partial charge in [0.25, 0.3) is 11.1 Å². The maximum Gasteiger partial charge on any atom is 0.293 e. The molecule has 25 heavy (non-hydrogen) atoms. The molecule has 1 saturated heterocycles. The quantitative estimate of drug-likeness (QED) is 0.665. The van der Waals surface area contributed by atoms with Crippen molar-refractivity contribution < 1.29 is 19.1 Å². The van der Waals surface area contributed by atoms with Gasteiger partial charge in [0.15, 0.2) is 0 Å². The van der Waals surface area contributed by atoms with E-state index in [-0.39, 0.29) is 23.0 Å². The second-order valence-electron chi connectivity index (χ2n) is 5.22. The smallest absolute Gasteiger partial charge is 0.293 e. The van der Waals surface area contributed by atoms with Gasteiger partial charge >= 0.3 is 0 Å². The highest BCUT2D eigenvalue weighted by Gasteiger charge is 2.35. The predicted molar refractivity (Wildman–Crippen MR) is 98.7 cm³/mol. The van der Waals surface area contributed by atoms with E-state index in [1.165, 1.54) is 42.5 Å². The number of phenolic OH excluding ortho intramolecular Hbond substituents is 1. The fourth-order valence-electron chi connectivity index (χ4n) is 2.25. The molecule has 0 bridgehead atoms. The maximum atomic E-state index is 13.0. The Bertz CT molecular complexity index is 902. The van der Waals surface area contributed by atoms with Crippen LogP contribution < -0.4 is 0 Å². The second-order valence-corrected chi connectivity index (χ2v) is 7.50. The summed E-state index contributed by atoms with van der Waals surface area (Å²) in [5, 5.41) is 10.0. The summed E-state index contributed by atoms with van der Waals surface area (Å²) in [6.07, 6.45) is 1.42. The van der Waals surface area contributed by atoms with Crippen LogP contribution in [0.2, 0.25) is 5.02 Å². The van der Waals surface area contributed by atoms with Gasteiger partial charge in [-0.15, -0.1) is 0 Å². The van der Waals surface area contributed by atoms with Crippen LogP contribution in [0.15, 0.2) is 45.8 Å². The molecule has 0 saturated carbocycles. The molecule has 0 aromatic heterocycles. The van der Waals surface area contributed by atoms with Crippen molar-refractivity contribution >= 4 is 56.5 Å². The lowest BCUT2D eigenvalue weighted by molar-refractivity contribution is -0.123. The lowest BCUT2D eigenvalue weighted by Crippen LogP contribution is -2.27. The predicted octanol–water partition coefficient (Wildman–Crippen LogP) is 5.18. The Morgan fingerprint density at radius 1 is 1.24 bits per heavy atom. The summed E-state index contributed by atoms with van der Waals surface area (Å²) >= 11 is 9.90. The molecule has 1 fully saturated rings. The van der Waals surface area contributed by atoms with Crippen LogP contribution in [0.1, 0.15) is 11.1 Å². The van der Waals surface area contributed by atoms with E-state index in [0.29, 0.717) is 20.6 Å². The van der Waals surface area contributed by atoms with E-state index >= 15 is 0 Å². The van der Waals surface area contributed by atoms with E-state index in [2.05, 4.69) is 15.9 Å². The largest absolute Gasteiger partial charge is 0.506 e. The van der Waals surface area contributed by atoms with Crippen LogP contribution in [0, 0.1) is 5.82 Å². The highest BCUT2D eigenvalue weighted by Crippen LogP contribution is 2.37. The number of hydrogen-bond acceptors (Lipinski definition) is 4. The third-order valence-corrected chi connectivity index (χ3v) is 5.20. The number of thioether (sulfide) groups is 1. The average molecular weight is 443 g/mol. The Balaban J connectivity index is 1.87. The molecule has 1 aliphatic heterocycles. The number of benzene rings is 2. The van der Waals surface area contributed by atoms with E-state index in [9.17, 15) is 19.1 Å². The molecule has 0 unspecified atom stereocenters. The van der Waals surface area contributed by atoms with Gasteiger partial charge in [0.05, 0.1) is 15.9 Å². The number of nitrogens with zero attached hydrogens (tertiary/aromatic N) is 1. The molecule has 1 N–H and O–H groups in total. The Labute approximate surface area is 160 Å². The Kier molecular flexibility index (Phi) is 5.17. The first kappa shape index (κ1) is 18.0. The lowest BCUT2D eigenvalue weighted by Gasteiger charge is -2.12. The van der Waals surface area contributed by atoms with Crippen LogP contribution in [0.5, 0.6) is 5.75 Å². The molecule has 8 heteroatoms. The van der Waals surface area contributed by atoms with Gasteiger partial charge in [-0.25, -0.2) is 4.39 Å². The highest BCUT2D eigenvalue weighted by atomic mass is 79.9. The third-order valence-electron chi connectivity index (χ3n) is 3.47. The number of rotatable bonds is 3. The average Bonchev–Trinajstić information content (AvgIpc) is 2.81. The van der Waals surface area contributed by atoms with Crippen molar-refractivity contribution in [1.82, 2.24) is 4.90 Å². The molecule has 0 spiro atoms. The molecule has 1 heterocycles. The van der Waals surface area contributed by atoms with E-state index in [4.69, 9.17) is 11.6 Å². The van der Waals surface area contributed by atoms with Gasteiger partial charge in [-0.1, -0.05) is 23.7 Å². The Hall–Kier alpha value is -1.83. The van der Waals surface area contributed by atoms with Gasteiger partial charge in [0.2, 0.25) is 0 Å². The molecule has 0 radical (unpaired) electrons. The van der Waals surface area contributed by atoms with Crippen molar-refractivity contribution in [1.29, 1.82) is 0 Å². The van der Waals surface area contributed by atoms with Crippen LogP contribution in [0.3, 0.4) is 0 Å². The molecule has 1 aliphatic rings. The zero-order valence-corrected chi connectivity index (χ0v) is 15.7. The SMILES string of the molecule is O=C1S/C(=C\c2cc(Cl)cc(Br)c2O)C(=O)N1Cc1ccc(F)cc1. The first-order chi connectivity index (χ1) is 11.8. The number of amides is 2. The van der Waals surface area contributed by atoms with E-state index in [1.807, 2.05) is 0 Å². The van der Waals surface area contributed by atoms with Gasteiger partial charge < -0.3 is 5.11 Å². The van der Waals surface area contributed by atoms with Crippen LogP contribution in [-0.2, 0) is 11.3 Å².